The number of nitrogens with zero attached hydrogens (tertiary/aromatic N) is 2. The molecule has 0 saturated heterocycles. The summed E-state index contributed by atoms with van der Waals surface area (Å²) in [5, 5.41) is 8.98. The zero-order valence-electron chi connectivity index (χ0n) is 8.20. The molecule has 0 radical (unpaired) electrons. The summed E-state index contributed by atoms with van der Waals surface area (Å²) in [5.74, 6) is 0. The Balaban J connectivity index is 2.47. The summed E-state index contributed by atoms with van der Waals surface area (Å²) >= 11 is 0. The largest absolute Gasteiger partial charge is 0.300 e. The van der Waals surface area contributed by atoms with Crippen LogP contribution in [0.1, 0.15) is 24.0 Å². The molecular formula is C12H12N2. The highest BCUT2D eigenvalue weighted by atomic mass is 14.7. The number of hydrogen-bond donors (Lipinski definition) is 0. The molecule has 2 rings (SSSR count). The molecule has 0 N–H and O–H groups in total. The van der Waals surface area contributed by atoms with Gasteiger partial charge in [-0.15, -0.1) is 0 Å². The summed E-state index contributed by atoms with van der Waals surface area (Å²) in [4.78, 5) is 4.09. The minimum Gasteiger partial charge on any atom is -0.300 e. The fourth-order valence-corrected chi connectivity index (χ4v) is 1.86. The standard InChI is InChI=1S/C12H12N2/c1-14-9-12(6-7-12)11-5-3-2-4-10(11)8-13/h2-5,9H,6-7H2,1H3. The van der Waals surface area contributed by atoms with Crippen molar-refractivity contribution in [3.63, 3.8) is 0 Å². The Morgan fingerprint density at radius 2 is 2.14 bits per heavy atom. The zero-order chi connectivity index (χ0) is 10.0. The van der Waals surface area contributed by atoms with Crippen LogP contribution in [0.5, 0.6) is 0 Å². The SMILES string of the molecule is CN=CC1(c2ccccc2C#N)CC1. The van der Waals surface area contributed by atoms with Crippen LogP contribution in [0, 0.1) is 11.3 Å². The lowest BCUT2D eigenvalue weighted by Gasteiger charge is -2.10. The molecule has 14 heavy (non-hydrogen) atoms. The molecule has 0 unspecified atom stereocenters. The molecule has 1 aliphatic rings. The van der Waals surface area contributed by atoms with Gasteiger partial charge in [0.1, 0.15) is 0 Å². The van der Waals surface area contributed by atoms with Gasteiger partial charge in [-0.05, 0) is 24.5 Å². The van der Waals surface area contributed by atoms with Crippen molar-refractivity contribution in [1.82, 2.24) is 0 Å². The fourth-order valence-electron chi connectivity index (χ4n) is 1.86. The molecule has 0 heterocycles. The fraction of sp³-hybridized carbons (Fsp3) is 0.333. The van der Waals surface area contributed by atoms with Crippen LogP contribution in [-0.2, 0) is 5.41 Å². The van der Waals surface area contributed by atoms with Crippen LogP contribution in [0.15, 0.2) is 29.3 Å². The van der Waals surface area contributed by atoms with Gasteiger partial charge in [0.05, 0.1) is 11.6 Å². The molecule has 1 aromatic rings. The highest BCUT2D eigenvalue weighted by Crippen LogP contribution is 2.47. The lowest BCUT2D eigenvalue weighted by Crippen LogP contribution is -2.10. The highest BCUT2D eigenvalue weighted by molar-refractivity contribution is 5.79. The van der Waals surface area contributed by atoms with Crippen molar-refractivity contribution >= 4 is 6.21 Å². The molecule has 0 spiro atoms. The van der Waals surface area contributed by atoms with Crippen molar-refractivity contribution in [1.29, 1.82) is 5.26 Å². The molecule has 1 fully saturated rings. The average Bonchev–Trinajstić information content (AvgIpc) is 2.99. The molecule has 0 atom stereocenters. The summed E-state index contributed by atoms with van der Waals surface area (Å²) in [7, 11) is 1.79. The molecule has 0 aromatic heterocycles. The summed E-state index contributed by atoms with van der Waals surface area (Å²) in [6.07, 6.45) is 4.20. The Morgan fingerprint density at radius 3 is 2.71 bits per heavy atom. The van der Waals surface area contributed by atoms with Gasteiger partial charge in [-0.3, -0.25) is 4.99 Å². The van der Waals surface area contributed by atoms with Gasteiger partial charge in [0.15, 0.2) is 0 Å². The van der Waals surface area contributed by atoms with Gasteiger partial charge in [0.2, 0.25) is 0 Å². The predicted octanol–water partition coefficient (Wildman–Crippen LogP) is 2.29. The van der Waals surface area contributed by atoms with Gasteiger partial charge >= 0.3 is 0 Å². The Hall–Kier alpha value is -1.62. The molecule has 0 amide bonds. The lowest BCUT2D eigenvalue weighted by molar-refractivity contribution is 0.962. The van der Waals surface area contributed by atoms with Gasteiger partial charge in [-0.2, -0.15) is 5.26 Å². The second-order valence-electron chi connectivity index (χ2n) is 3.70. The first-order chi connectivity index (χ1) is 6.82. The average molecular weight is 184 g/mol. The first-order valence-corrected chi connectivity index (χ1v) is 4.75. The van der Waals surface area contributed by atoms with E-state index < -0.39 is 0 Å². The molecule has 70 valence electrons. The molecule has 2 nitrogen and oxygen atoms in total. The summed E-state index contributed by atoms with van der Waals surface area (Å²) < 4.78 is 0. The van der Waals surface area contributed by atoms with Gasteiger partial charge < -0.3 is 0 Å². The normalized spacial score (nSPS) is 18.0. The van der Waals surface area contributed by atoms with E-state index in [0.717, 1.165) is 24.0 Å². The summed E-state index contributed by atoms with van der Waals surface area (Å²) in [6, 6.07) is 10.0. The quantitative estimate of drug-likeness (QED) is 0.649. The van der Waals surface area contributed by atoms with E-state index in [1.165, 1.54) is 0 Å². The highest BCUT2D eigenvalue weighted by Gasteiger charge is 2.43. The van der Waals surface area contributed by atoms with Crippen molar-refractivity contribution in [3.8, 4) is 6.07 Å². The van der Waals surface area contributed by atoms with Crippen LogP contribution < -0.4 is 0 Å². The maximum atomic E-state index is 8.98. The number of hydrogen-bond acceptors (Lipinski definition) is 2. The van der Waals surface area contributed by atoms with Gasteiger partial charge in [-0.1, -0.05) is 18.2 Å². The van der Waals surface area contributed by atoms with E-state index in [9.17, 15) is 0 Å². The van der Waals surface area contributed by atoms with Crippen molar-refractivity contribution in [2.45, 2.75) is 18.3 Å². The van der Waals surface area contributed by atoms with Crippen molar-refractivity contribution in [3.05, 3.63) is 35.4 Å². The third kappa shape index (κ3) is 1.31. The second-order valence-corrected chi connectivity index (χ2v) is 3.70. The Morgan fingerprint density at radius 1 is 1.43 bits per heavy atom. The molecule has 1 saturated carbocycles. The molecule has 2 heteroatoms. The third-order valence-corrected chi connectivity index (χ3v) is 2.75. The van der Waals surface area contributed by atoms with E-state index in [0.29, 0.717) is 0 Å². The van der Waals surface area contributed by atoms with Crippen LogP contribution >= 0.6 is 0 Å². The second kappa shape index (κ2) is 3.26. The third-order valence-electron chi connectivity index (χ3n) is 2.75. The maximum Gasteiger partial charge on any atom is 0.0994 e. The van der Waals surface area contributed by atoms with E-state index in [1.54, 1.807) is 7.05 Å². The van der Waals surface area contributed by atoms with Crippen molar-refractivity contribution < 1.29 is 0 Å². The number of rotatable bonds is 2. The topological polar surface area (TPSA) is 36.1 Å². The monoisotopic (exact) mass is 184 g/mol. The van der Waals surface area contributed by atoms with E-state index in [2.05, 4.69) is 11.1 Å². The Kier molecular flexibility index (Phi) is 2.09. The van der Waals surface area contributed by atoms with E-state index in [1.807, 2.05) is 30.5 Å². The summed E-state index contributed by atoms with van der Waals surface area (Å²) in [6.45, 7) is 0. The zero-order valence-corrected chi connectivity index (χ0v) is 8.20. The van der Waals surface area contributed by atoms with Gasteiger partial charge in [-0.25, -0.2) is 0 Å². The smallest absolute Gasteiger partial charge is 0.0994 e. The summed E-state index contributed by atoms with van der Waals surface area (Å²) in [5.41, 5.74) is 1.99. The number of aliphatic imine (C=N–C) groups is 1. The van der Waals surface area contributed by atoms with Crippen LogP contribution in [0.4, 0.5) is 0 Å². The van der Waals surface area contributed by atoms with Crippen LogP contribution in [0.3, 0.4) is 0 Å². The van der Waals surface area contributed by atoms with E-state index in [4.69, 9.17) is 5.26 Å². The van der Waals surface area contributed by atoms with Crippen LogP contribution in [0.25, 0.3) is 0 Å². The Bertz CT molecular complexity index is 409. The number of benzene rings is 1. The first-order valence-electron chi connectivity index (χ1n) is 4.75. The van der Waals surface area contributed by atoms with Crippen molar-refractivity contribution in [2.24, 2.45) is 4.99 Å². The predicted molar refractivity (Wildman–Crippen MR) is 56.5 cm³/mol. The van der Waals surface area contributed by atoms with Crippen LogP contribution in [-0.4, -0.2) is 13.3 Å². The van der Waals surface area contributed by atoms with Crippen molar-refractivity contribution in [2.75, 3.05) is 7.05 Å². The molecule has 0 bridgehead atoms. The Labute approximate surface area is 83.9 Å². The lowest BCUT2D eigenvalue weighted by atomic mass is 9.93. The minimum absolute atomic E-state index is 0.0705. The van der Waals surface area contributed by atoms with Gasteiger partial charge in [0, 0.05) is 18.7 Å². The first kappa shape index (κ1) is 8.96. The maximum absolute atomic E-state index is 8.98. The van der Waals surface area contributed by atoms with Crippen LogP contribution in [0.2, 0.25) is 0 Å². The molecule has 1 aromatic carbocycles. The molecule has 1 aliphatic carbocycles. The molecule has 0 aliphatic heterocycles. The molecular weight excluding hydrogens is 172 g/mol. The number of nitriles is 1. The van der Waals surface area contributed by atoms with Gasteiger partial charge in [0.25, 0.3) is 0 Å². The van der Waals surface area contributed by atoms with E-state index in [-0.39, 0.29) is 5.41 Å². The minimum atomic E-state index is 0.0705. The van der Waals surface area contributed by atoms with E-state index >= 15 is 0 Å².